The topological polar surface area (TPSA) is 70.7 Å². The first-order valence-corrected chi connectivity index (χ1v) is 5.96. The number of amides is 1. The fraction of sp³-hybridized carbons (Fsp3) is 0.308. The molecule has 2 aromatic rings. The lowest BCUT2D eigenvalue weighted by Crippen LogP contribution is -2.25. The molecule has 0 aliphatic heterocycles. The minimum atomic E-state index is -0.191. The summed E-state index contributed by atoms with van der Waals surface area (Å²) in [5, 5.41) is 12.6. The molecule has 5 nitrogen and oxygen atoms in total. The lowest BCUT2D eigenvalue weighted by Gasteiger charge is -2.11. The van der Waals surface area contributed by atoms with E-state index in [-0.39, 0.29) is 5.91 Å². The van der Waals surface area contributed by atoms with Gasteiger partial charge >= 0.3 is 0 Å². The van der Waals surface area contributed by atoms with Gasteiger partial charge in [-0.25, -0.2) is 0 Å². The smallest absolute Gasteiger partial charge is 0.273 e. The minimum absolute atomic E-state index is 0.191. The molecule has 0 bridgehead atoms. The highest BCUT2D eigenvalue weighted by Gasteiger charge is 2.09. The Morgan fingerprint density at radius 3 is 2.83 bits per heavy atom. The molecule has 0 saturated heterocycles. The molecule has 0 aliphatic carbocycles. The highest BCUT2D eigenvalue weighted by Crippen LogP contribution is 2.17. The van der Waals surface area contributed by atoms with Crippen molar-refractivity contribution in [3.63, 3.8) is 0 Å². The van der Waals surface area contributed by atoms with Gasteiger partial charge in [-0.2, -0.15) is 15.4 Å². The fourth-order valence-electron chi connectivity index (χ4n) is 1.75. The zero-order valence-electron chi connectivity index (χ0n) is 10.3. The number of H-pyrrole nitrogens is 1. The monoisotopic (exact) mass is 244 g/mol. The molecule has 1 heterocycles. The summed E-state index contributed by atoms with van der Waals surface area (Å²) in [5.41, 5.74) is 1.61. The Labute approximate surface area is 106 Å². The van der Waals surface area contributed by atoms with E-state index in [1.165, 1.54) is 11.8 Å². The van der Waals surface area contributed by atoms with Gasteiger partial charge in [0.05, 0.1) is 6.20 Å². The zero-order valence-corrected chi connectivity index (χ0v) is 10.3. The Hall–Kier alpha value is -2.17. The summed E-state index contributed by atoms with van der Waals surface area (Å²) in [6, 6.07) is 10.3. The highest BCUT2D eigenvalue weighted by molar-refractivity contribution is 5.91. The Bertz CT molecular complexity index is 481. The molecule has 18 heavy (non-hydrogen) atoms. The summed E-state index contributed by atoms with van der Waals surface area (Å²) in [7, 11) is 0. The Morgan fingerprint density at radius 1 is 1.39 bits per heavy atom. The highest BCUT2D eigenvalue weighted by atomic mass is 16.1. The second kappa shape index (κ2) is 5.95. The van der Waals surface area contributed by atoms with Crippen molar-refractivity contribution in [2.75, 3.05) is 6.54 Å². The number of aromatic amines is 1. The second-order valence-corrected chi connectivity index (χ2v) is 4.21. The standard InChI is InChI=1S/C13H16N4O/c1-10(11-5-3-2-4-6-11)7-8-14-13(18)12-9-15-17-16-12/h2-6,9-10H,7-8H2,1H3,(H,14,18)(H,15,16,17). The van der Waals surface area contributed by atoms with Crippen LogP contribution in [0.5, 0.6) is 0 Å². The summed E-state index contributed by atoms with van der Waals surface area (Å²) in [6.45, 7) is 2.78. The van der Waals surface area contributed by atoms with Gasteiger partial charge < -0.3 is 5.32 Å². The van der Waals surface area contributed by atoms with Gasteiger partial charge in [0, 0.05) is 6.54 Å². The van der Waals surface area contributed by atoms with Crippen LogP contribution in [-0.2, 0) is 0 Å². The number of aromatic nitrogens is 3. The summed E-state index contributed by atoms with van der Waals surface area (Å²) >= 11 is 0. The number of hydrogen-bond acceptors (Lipinski definition) is 3. The number of hydrogen-bond donors (Lipinski definition) is 2. The predicted octanol–water partition coefficient (Wildman–Crippen LogP) is 1.73. The molecular weight excluding hydrogens is 228 g/mol. The average Bonchev–Trinajstić information content (AvgIpc) is 2.93. The first kappa shape index (κ1) is 12.3. The normalized spacial score (nSPS) is 12.1. The van der Waals surface area contributed by atoms with E-state index in [1.54, 1.807) is 0 Å². The van der Waals surface area contributed by atoms with E-state index in [0.29, 0.717) is 18.2 Å². The maximum atomic E-state index is 11.6. The van der Waals surface area contributed by atoms with Crippen LogP contribution in [-0.4, -0.2) is 27.9 Å². The predicted molar refractivity (Wildman–Crippen MR) is 68.2 cm³/mol. The quantitative estimate of drug-likeness (QED) is 0.841. The summed E-state index contributed by atoms with van der Waals surface area (Å²) in [6.07, 6.45) is 2.31. The van der Waals surface area contributed by atoms with Crippen molar-refractivity contribution in [1.82, 2.24) is 20.7 Å². The molecule has 1 aromatic heterocycles. The first-order chi connectivity index (χ1) is 8.77. The molecule has 0 saturated carbocycles. The van der Waals surface area contributed by atoms with Gasteiger partial charge in [0.1, 0.15) is 0 Å². The van der Waals surface area contributed by atoms with Crippen molar-refractivity contribution in [1.29, 1.82) is 0 Å². The van der Waals surface area contributed by atoms with Gasteiger partial charge in [-0.1, -0.05) is 37.3 Å². The molecule has 1 unspecified atom stereocenters. The van der Waals surface area contributed by atoms with Crippen molar-refractivity contribution < 1.29 is 4.79 Å². The van der Waals surface area contributed by atoms with E-state index < -0.39 is 0 Å². The van der Waals surface area contributed by atoms with E-state index >= 15 is 0 Å². The van der Waals surface area contributed by atoms with E-state index in [1.807, 2.05) is 18.2 Å². The molecule has 0 radical (unpaired) electrons. The molecule has 2 rings (SSSR count). The molecule has 1 amide bonds. The van der Waals surface area contributed by atoms with Gasteiger partial charge in [0.25, 0.3) is 5.91 Å². The minimum Gasteiger partial charge on any atom is -0.351 e. The maximum absolute atomic E-state index is 11.6. The second-order valence-electron chi connectivity index (χ2n) is 4.21. The molecule has 0 spiro atoms. The van der Waals surface area contributed by atoms with Crippen molar-refractivity contribution in [2.45, 2.75) is 19.3 Å². The fourth-order valence-corrected chi connectivity index (χ4v) is 1.75. The molecule has 1 atom stereocenters. The number of carbonyl (C=O) groups is 1. The first-order valence-electron chi connectivity index (χ1n) is 5.96. The molecule has 5 heteroatoms. The van der Waals surface area contributed by atoms with E-state index in [4.69, 9.17) is 0 Å². The third-order valence-corrected chi connectivity index (χ3v) is 2.88. The summed E-state index contributed by atoms with van der Waals surface area (Å²) in [5.74, 6) is 0.229. The van der Waals surface area contributed by atoms with Crippen molar-refractivity contribution >= 4 is 5.91 Å². The van der Waals surface area contributed by atoms with Crippen LogP contribution < -0.4 is 5.32 Å². The van der Waals surface area contributed by atoms with Crippen molar-refractivity contribution in [2.24, 2.45) is 0 Å². The van der Waals surface area contributed by atoms with E-state index in [0.717, 1.165) is 6.42 Å². The number of benzene rings is 1. The largest absolute Gasteiger partial charge is 0.351 e. The van der Waals surface area contributed by atoms with E-state index in [9.17, 15) is 4.79 Å². The average molecular weight is 244 g/mol. The van der Waals surface area contributed by atoms with Gasteiger partial charge in [0.2, 0.25) is 0 Å². The van der Waals surface area contributed by atoms with Crippen LogP contribution in [0.1, 0.15) is 35.3 Å². The number of carbonyl (C=O) groups excluding carboxylic acids is 1. The molecule has 1 aromatic carbocycles. The summed E-state index contributed by atoms with van der Waals surface area (Å²) < 4.78 is 0. The molecule has 94 valence electrons. The van der Waals surface area contributed by atoms with Crippen LogP contribution in [0.25, 0.3) is 0 Å². The summed E-state index contributed by atoms with van der Waals surface area (Å²) in [4.78, 5) is 11.6. The van der Waals surface area contributed by atoms with Gasteiger partial charge in [-0.15, -0.1) is 0 Å². The number of rotatable bonds is 5. The Morgan fingerprint density at radius 2 is 2.17 bits per heavy atom. The maximum Gasteiger partial charge on any atom is 0.273 e. The van der Waals surface area contributed by atoms with Crippen LogP contribution in [0.15, 0.2) is 36.5 Å². The van der Waals surface area contributed by atoms with Crippen molar-refractivity contribution in [3.8, 4) is 0 Å². The van der Waals surface area contributed by atoms with Crippen LogP contribution >= 0.6 is 0 Å². The zero-order chi connectivity index (χ0) is 12.8. The number of nitrogens with zero attached hydrogens (tertiary/aromatic N) is 2. The molecule has 0 aliphatic rings. The van der Waals surface area contributed by atoms with Gasteiger partial charge in [-0.05, 0) is 17.9 Å². The van der Waals surface area contributed by atoms with Crippen molar-refractivity contribution in [3.05, 3.63) is 47.8 Å². The lowest BCUT2D eigenvalue weighted by molar-refractivity contribution is 0.0947. The third kappa shape index (κ3) is 3.16. The van der Waals surface area contributed by atoms with Crippen LogP contribution in [0.4, 0.5) is 0 Å². The van der Waals surface area contributed by atoms with Gasteiger partial charge in [-0.3, -0.25) is 4.79 Å². The molecule has 2 N–H and O–H groups in total. The lowest BCUT2D eigenvalue weighted by atomic mass is 9.98. The van der Waals surface area contributed by atoms with E-state index in [2.05, 4.69) is 39.8 Å². The molecular formula is C13H16N4O. The van der Waals surface area contributed by atoms with Crippen LogP contribution in [0, 0.1) is 0 Å². The third-order valence-electron chi connectivity index (χ3n) is 2.88. The Balaban J connectivity index is 1.77. The Kier molecular flexibility index (Phi) is 4.06. The SMILES string of the molecule is CC(CCNC(=O)c1cn[nH]n1)c1ccccc1. The van der Waals surface area contributed by atoms with Gasteiger partial charge in [0.15, 0.2) is 5.69 Å². The van der Waals surface area contributed by atoms with Crippen LogP contribution in [0.3, 0.4) is 0 Å². The molecule has 0 fully saturated rings. The number of nitrogens with one attached hydrogen (secondary N) is 2. The van der Waals surface area contributed by atoms with Crippen LogP contribution in [0.2, 0.25) is 0 Å².